The Hall–Kier alpha value is -0.440. The molecule has 4 heteroatoms. The van der Waals surface area contributed by atoms with Crippen molar-refractivity contribution in [3.8, 4) is 5.75 Å². The first-order chi connectivity index (χ1) is 7.13. The summed E-state index contributed by atoms with van der Waals surface area (Å²) in [6.07, 6.45) is 0.941. The summed E-state index contributed by atoms with van der Waals surface area (Å²) in [4.78, 5) is 0. The van der Waals surface area contributed by atoms with E-state index in [1.54, 1.807) is 12.1 Å². The number of benzene rings is 1. The normalized spacial score (nSPS) is 23.7. The molecular weight excluding hydrogens is 235 g/mol. The summed E-state index contributed by atoms with van der Waals surface area (Å²) in [6.45, 7) is 2.05. The molecule has 1 N–H and O–H groups in total. The Bertz CT molecular complexity index is 379. The number of hydrogen-bond acceptors (Lipinski definition) is 2. The maximum Gasteiger partial charge on any atom is 0.129 e. The minimum absolute atomic E-state index is 0.194. The first-order valence-corrected chi connectivity index (χ1v) is 5.72. The molecule has 82 valence electrons. The zero-order valence-corrected chi connectivity index (χ0v) is 9.85. The predicted octanol–water partition coefficient (Wildman–Crippen LogP) is 3.59. The van der Waals surface area contributed by atoms with Gasteiger partial charge in [0, 0.05) is 10.6 Å². The highest BCUT2D eigenvalue weighted by molar-refractivity contribution is 6.35. The van der Waals surface area contributed by atoms with Crippen LogP contribution in [-0.4, -0.2) is 11.2 Å². The number of aliphatic hydroxyl groups is 1. The van der Waals surface area contributed by atoms with E-state index in [-0.39, 0.29) is 6.10 Å². The monoisotopic (exact) mass is 246 g/mol. The summed E-state index contributed by atoms with van der Waals surface area (Å²) in [5.74, 6) is 0.610. The maximum atomic E-state index is 9.99. The minimum Gasteiger partial charge on any atom is -0.487 e. The number of ether oxygens (including phenoxy) is 1. The predicted molar refractivity (Wildman–Crippen MR) is 60.7 cm³/mol. The number of fused-ring (bicyclic) bond motifs is 1. The van der Waals surface area contributed by atoms with Gasteiger partial charge in [-0.3, -0.25) is 0 Å². The van der Waals surface area contributed by atoms with Crippen LogP contribution in [0.5, 0.6) is 5.75 Å². The zero-order valence-electron chi connectivity index (χ0n) is 8.34. The third-order valence-electron chi connectivity index (χ3n) is 2.56. The first-order valence-electron chi connectivity index (χ1n) is 4.97. The van der Waals surface area contributed by atoms with Crippen LogP contribution in [0.3, 0.4) is 0 Å². The fourth-order valence-corrected chi connectivity index (χ4v) is 2.45. The van der Waals surface area contributed by atoms with Crippen molar-refractivity contribution < 1.29 is 9.84 Å². The molecule has 0 aromatic heterocycles. The molecule has 0 spiro atoms. The van der Waals surface area contributed by atoms with Gasteiger partial charge in [-0.05, 0) is 18.6 Å². The molecule has 1 aromatic carbocycles. The average molecular weight is 247 g/mol. The highest BCUT2D eigenvalue weighted by Crippen LogP contribution is 2.44. The molecule has 0 fully saturated rings. The van der Waals surface area contributed by atoms with E-state index in [9.17, 15) is 5.11 Å². The molecule has 2 unspecified atom stereocenters. The summed E-state index contributed by atoms with van der Waals surface area (Å²) < 4.78 is 5.60. The Morgan fingerprint density at radius 2 is 2.13 bits per heavy atom. The number of hydrogen-bond donors (Lipinski definition) is 1. The average Bonchev–Trinajstić information content (AvgIpc) is 2.43. The van der Waals surface area contributed by atoms with E-state index in [1.807, 2.05) is 6.92 Å². The van der Waals surface area contributed by atoms with Gasteiger partial charge in [0.2, 0.25) is 0 Å². The van der Waals surface area contributed by atoms with E-state index in [4.69, 9.17) is 27.9 Å². The molecule has 1 aromatic rings. The summed E-state index contributed by atoms with van der Waals surface area (Å²) in [5, 5.41) is 11.0. The standard InChI is InChI=1S/C11H12Cl2O2/c1-2-3-8-11(14)10-7(13)4-6(12)5-9(10)15-8/h4-5,8,11,14H,2-3H2,1H3. The third kappa shape index (κ3) is 1.94. The van der Waals surface area contributed by atoms with Crippen LogP contribution in [0.2, 0.25) is 10.0 Å². The fraction of sp³-hybridized carbons (Fsp3) is 0.455. The van der Waals surface area contributed by atoms with Crippen LogP contribution in [0.1, 0.15) is 31.4 Å². The molecule has 1 aliphatic rings. The topological polar surface area (TPSA) is 29.5 Å². The fourth-order valence-electron chi connectivity index (χ4n) is 1.86. The van der Waals surface area contributed by atoms with Gasteiger partial charge in [-0.2, -0.15) is 0 Å². The molecule has 0 radical (unpaired) electrons. The van der Waals surface area contributed by atoms with E-state index in [1.165, 1.54) is 0 Å². The lowest BCUT2D eigenvalue weighted by Gasteiger charge is -2.12. The molecule has 1 aliphatic heterocycles. The van der Waals surface area contributed by atoms with Gasteiger partial charge in [-0.15, -0.1) is 0 Å². The van der Waals surface area contributed by atoms with E-state index in [0.29, 0.717) is 21.4 Å². The van der Waals surface area contributed by atoms with Crippen LogP contribution in [-0.2, 0) is 0 Å². The number of halogens is 2. The molecule has 2 rings (SSSR count). The highest BCUT2D eigenvalue weighted by atomic mass is 35.5. The van der Waals surface area contributed by atoms with Crippen molar-refractivity contribution >= 4 is 23.2 Å². The lowest BCUT2D eigenvalue weighted by Crippen LogP contribution is -2.17. The van der Waals surface area contributed by atoms with Crippen LogP contribution in [0.15, 0.2) is 12.1 Å². The van der Waals surface area contributed by atoms with Gasteiger partial charge in [-0.1, -0.05) is 36.5 Å². The lowest BCUT2D eigenvalue weighted by molar-refractivity contribution is 0.0617. The highest BCUT2D eigenvalue weighted by Gasteiger charge is 2.34. The van der Waals surface area contributed by atoms with Gasteiger partial charge < -0.3 is 9.84 Å². The van der Waals surface area contributed by atoms with E-state index < -0.39 is 6.10 Å². The van der Waals surface area contributed by atoms with Crippen molar-refractivity contribution in [2.75, 3.05) is 0 Å². The third-order valence-corrected chi connectivity index (χ3v) is 3.09. The summed E-state index contributed by atoms with van der Waals surface area (Å²) in [6, 6.07) is 3.32. The summed E-state index contributed by atoms with van der Waals surface area (Å²) >= 11 is 11.9. The molecule has 2 atom stereocenters. The molecule has 0 saturated carbocycles. The van der Waals surface area contributed by atoms with Crippen molar-refractivity contribution in [1.29, 1.82) is 0 Å². The maximum absolute atomic E-state index is 9.99. The van der Waals surface area contributed by atoms with Gasteiger partial charge in [0.05, 0.1) is 5.02 Å². The second kappa shape index (κ2) is 4.20. The molecule has 0 amide bonds. The molecule has 15 heavy (non-hydrogen) atoms. The van der Waals surface area contributed by atoms with Crippen LogP contribution in [0, 0.1) is 0 Å². The second-order valence-electron chi connectivity index (χ2n) is 3.69. The summed E-state index contributed by atoms with van der Waals surface area (Å²) in [7, 11) is 0. The molecule has 0 aliphatic carbocycles. The Labute approximate surface area is 98.8 Å². The molecule has 0 bridgehead atoms. The van der Waals surface area contributed by atoms with Gasteiger partial charge in [0.25, 0.3) is 0 Å². The van der Waals surface area contributed by atoms with Crippen LogP contribution < -0.4 is 4.74 Å². The summed E-state index contributed by atoms with van der Waals surface area (Å²) in [5.41, 5.74) is 0.666. The van der Waals surface area contributed by atoms with Crippen molar-refractivity contribution in [2.24, 2.45) is 0 Å². The van der Waals surface area contributed by atoms with E-state index in [2.05, 4.69) is 0 Å². The molecular formula is C11H12Cl2O2. The second-order valence-corrected chi connectivity index (χ2v) is 4.53. The van der Waals surface area contributed by atoms with Gasteiger partial charge in [-0.25, -0.2) is 0 Å². The van der Waals surface area contributed by atoms with Gasteiger partial charge in [0.1, 0.15) is 18.0 Å². The zero-order chi connectivity index (χ0) is 11.0. The first kappa shape index (κ1) is 11.1. The van der Waals surface area contributed by atoms with E-state index in [0.717, 1.165) is 12.8 Å². The van der Waals surface area contributed by atoms with Gasteiger partial charge >= 0.3 is 0 Å². The Morgan fingerprint density at radius 1 is 1.40 bits per heavy atom. The van der Waals surface area contributed by atoms with Gasteiger partial charge in [0.15, 0.2) is 0 Å². The Kier molecular flexibility index (Phi) is 3.10. The van der Waals surface area contributed by atoms with Crippen LogP contribution >= 0.6 is 23.2 Å². The lowest BCUT2D eigenvalue weighted by atomic mass is 10.0. The largest absolute Gasteiger partial charge is 0.487 e. The number of aliphatic hydroxyl groups excluding tert-OH is 1. The Morgan fingerprint density at radius 3 is 2.80 bits per heavy atom. The van der Waals surface area contributed by atoms with Crippen LogP contribution in [0.25, 0.3) is 0 Å². The molecule has 2 nitrogen and oxygen atoms in total. The number of rotatable bonds is 2. The quantitative estimate of drug-likeness (QED) is 0.865. The Balaban J connectivity index is 2.36. The van der Waals surface area contributed by atoms with Crippen molar-refractivity contribution in [3.63, 3.8) is 0 Å². The van der Waals surface area contributed by atoms with Crippen LogP contribution in [0.4, 0.5) is 0 Å². The SMILES string of the molecule is CCCC1Oc2cc(Cl)cc(Cl)c2C1O. The van der Waals surface area contributed by atoms with Crippen molar-refractivity contribution in [2.45, 2.75) is 32.0 Å². The van der Waals surface area contributed by atoms with Crippen molar-refractivity contribution in [1.82, 2.24) is 0 Å². The molecule has 0 saturated heterocycles. The van der Waals surface area contributed by atoms with Crippen molar-refractivity contribution in [3.05, 3.63) is 27.7 Å². The minimum atomic E-state index is -0.635. The smallest absolute Gasteiger partial charge is 0.129 e. The van der Waals surface area contributed by atoms with E-state index >= 15 is 0 Å². The molecule has 1 heterocycles.